The summed E-state index contributed by atoms with van der Waals surface area (Å²) in [4.78, 5) is 4.50. The van der Waals surface area contributed by atoms with Gasteiger partial charge in [0.25, 0.3) is 0 Å². The maximum atomic E-state index is 6.67. The molecule has 2 aliphatic rings. The molecule has 0 bridgehead atoms. The first-order valence-corrected chi connectivity index (χ1v) is 11.8. The Morgan fingerprint density at radius 3 is 2.53 bits per heavy atom. The fraction of sp³-hybridized carbons (Fsp3) is 0.214. The van der Waals surface area contributed by atoms with Crippen molar-refractivity contribution in [2.75, 3.05) is 26.1 Å². The number of hydrogen-bond donors (Lipinski definition) is 1. The molecule has 1 aromatic heterocycles. The molecule has 2 aliphatic heterocycles. The third kappa shape index (κ3) is 3.53. The Bertz CT molecular complexity index is 1440. The van der Waals surface area contributed by atoms with Gasteiger partial charge in [-0.15, -0.1) is 0 Å². The van der Waals surface area contributed by atoms with Crippen LogP contribution >= 0.6 is 0 Å². The van der Waals surface area contributed by atoms with E-state index in [-0.39, 0.29) is 12.1 Å². The van der Waals surface area contributed by atoms with E-state index in [0.717, 1.165) is 39.5 Å². The van der Waals surface area contributed by atoms with Gasteiger partial charge in [0.2, 0.25) is 5.95 Å². The molecule has 6 rings (SSSR count). The highest BCUT2D eigenvalue weighted by atomic mass is 16.5. The number of hydrogen-bond acceptors (Lipinski definition) is 7. The number of rotatable bonds is 6. The second-order valence-electron chi connectivity index (χ2n) is 8.50. The Kier molecular flexibility index (Phi) is 5.48. The van der Waals surface area contributed by atoms with Gasteiger partial charge < -0.3 is 24.3 Å². The molecule has 8 nitrogen and oxygen atoms in total. The maximum Gasteiger partial charge on any atom is 0.226 e. The van der Waals surface area contributed by atoms with Crippen molar-refractivity contribution in [1.82, 2.24) is 14.8 Å². The number of ether oxygens (including phenoxy) is 4. The maximum absolute atomic E-state index is 6.67. The Hall–Kier alpha value is -4.46. The summed E-state index contributed by atoms with van der Waals surface area (Å²) in [5.74, 6) is 3.62. The number of aromatic nitrogens is 3. The van der Waals surface area contributed by atoms with Gasteiger partial charge >= 0.3 is 0 Å². The predicted octanol–water partition coefficient (Wildman–Crippen LogP) is 5.25. The van der Waals surface area contributed by atoms with Gasteiger partial charge in [-0.2, -0.15) is 10.1 Å². The van der Waals surface area contributed by atoms with E-state index >= 15 is 0 Å². The Balaban J connectivity index is 1.57. The van der Waals surface area contributed by atoms with Crippen LogP contribution in [-0.4, -0.2) is 35.6 Å². The summed E-state index contributed by atoms with van der Waals surface area (Å²) in [5, 5.41) is 8.12. The minimum atomic E-state index is -0.367. The van der Waals surface area contributed by atoms with Gasteiger partial charge in [0.05, 0.1) is 26.5 Å². The van der Waals surface area contributed by atoms with Crippen LogP contribution in [0.5, 0.6) is 23.0 Å². The monoisotopic (exact) mass is 482 g/mol. The lowest BCUT2D eigenvalue weighted by molar-refractivity contribution is 0.223. The summed E-state index contributed by atoms with van der Waals surface area (Å²) < 4.78 is 25.4. The van der Waals surface area contributed by atoms with Crippen LogP contribution in [-0.2, 0) is 0 Å². The zero-order valence-electron chi connectivity index (χ0n) is 20.3. The summed E-state index contributed by atoms with van der Waals surface area (Å²) in [7, 11) is 3.31. The number of nitrogens with one attached hydrogen (secondary N) is 1. The molecular weight excluding hydrogens is 456 g/mol. The lowest BCUT2D eigenvalue weighted by Gasteiger charge is -2.39. The van der Waals surface area contributed by atoms with Crippen molar-refractivity contribution >= 4 is 11.6 Å². The number of para-hydroxylation sites is 1. The Morgan fingerprint density at radius 1 is 0.944 bits per heavy atom. The van der Waals surface area contributed by atoms with Crippen LogP contribution in [0.1, 0.15) is 35.8 Å². The highest BCUT2D eigenvalue weighted by molar-refractivity contribution is 5.85. The summed E-state index contributed by atoms with van der Waals surface area (Å²) in [6.07, 6.45) is 1.20. The average molecular weight is 483 g/mol. The van der Waals surface area contributed by atoms with Gasteiger partial charge in [-0.25, -0.2) is 4.68 Å². The number of nitrogens with zero attached hydrogens (tertiary/aromatic N) is 3. The van der Waals surface area contributed by atoms with Gasteiger partial charge in [-0.05, 0) is 54.4 Å². The second kappa shape index (κ2) is 8.96. The first-order chi connectivity index (χ1) is 17.7. The van der Waals surface area contributed by atoms with Crippen LogP contribution < -0.4 is 24.3 Å². The molecule has 8 heteroatoms. The second-order valence-corrected chi connectivity index (χ2v) is 8.50. The molecule has 4 aromatic rings. The third-order valence-electron chi connectivity index (χ3n) is 6.54. The first-order valence-electron chi connectivity index (χ1n) is 11.8. The van der Waals surface area contributed by atoms with Crippen LogP contribution in [0.15, 0.2) is 78.6 Å². The first kappa shape index (κ1) is 22.0. The van der Waals surface area contributed by atoms with Crippen LogP contribution in [0.25, 0.3) is 5.70 Å². The smallest absolute Gasteiger partial charge is 0.226 e. The van der Waals surface area contributed by atoms with Gasteiger partial charge in [0.1, 0.15) is 30.0 Å². The van der Waals surface area contributed by atoms with E-state index in [1.807, 2.05) is 72.3 Å². The molecule has 36 heavy (non-hydrogen) atoms. The molecule has 0 amide bonds. The highest BCUT2D eigenvalue weighted by Crippen LogP contribution is 2.51. The van der Waals surface area contributed by atoms with Gasteiger partial charge in [-0.3, -0.25) is 0 Å². The van der Waals surface area contributed by atoms with Crippen molar-refractivity contribution in [3.63, 3.8) is 0 Å². The van der Waals surface area contributed by atoms with E-state index in [1.165, 1.54) is 0 Å². The molecule has 0 fully saturated rings. The minimum Gasteiger partial charge on any atom is -0.497 e. The number of benzene rings is 3. The van der Waals surface area contributed by atoms with Gasteiger partial charge in [-0.1, -0.05) is 30.3 Å². The molecule has 0 radical (unpaired) electrons. The van der Waals surface area contributed by atoms with E-state index in [2.05, 4.69) is 21.5 Å². The summed E-state index contributed by atoms with van der Waals surface area (Å²) in [5.41, 5.74) is 4.97. The van der Waals surface area contributed by atoms with Crippen molar-refractivity contribution in [1.29, 1.82) is 0 Å². The normalized spacial score (nSPS) is 17.8. The molecule has 3 aromatic carbocycles. The average Bonchev–Trinajstić information content (AvgIpc) is 3.40. The quantitative estimate of drug-likeness (QED) is 0.402. The van der Waals surface area contributed by atoms with Crippen molar-refractivity contribution < 1.29 is 18.9 Å². The van der Waals surface area contributed by atoms with E-state index < -0.39 is 0 Å². The molecule has 3 heterocycles. The van der Waals surface area contributed by atoms with E-state index in [9.17, 15) is 0 Å². The molecule has 1 N–H and O–H groups in total. The van der Waals surface area contributed by atoms with Crippen molar-refractivity contribution in [2.24, 2.45) is 0 Å². The highest BCUT2D eigenvalue weighted by Gasteiger charge is 2.41. The minimum absolute atomic E-state index is 0.288. The van der Waals surface area contributed by atoms with E-state index in [4.69, 9.17) is 18.9 Å². The molecule has 0 aliphatic carbocycles. The fourth-order valence-electron chi connectivity index (χ4n) is 4.92. The van der Waals surface area contributed by atoms with Crippen LogP contribution in [0.4, 0.5) is 5.95 Å². The lowest BCUT2D eigenvalue weighted by atomic mass is 9.84. The summed E-state index contributed by atoms with van der Waals surface area (Å²) in [6.45, 7) is 2.50. The van der Waals surface area contributed by atoms with Gasteiger partial charge in [0.15, 0.2) is 11.5 Å². The zero-order chi connectivity index (χ0) is 24.6. The van der Waals surface area contributed by atoms with E-state index in [1.54, 1.807) is 20.5 Å². The molecule has 2 atom stereocenters. The van der Waals surface area contributed by atoms with Crippen molar-refractivity contribution in [2.45, 2.75) is 19.1 Å². The molecule has 0 spiro atoms. The molecule has 182 valence electrons. The van der Waals surface area contributed by atoms with E-state index in [0.29, 0.717) is 24.1 Å². The predicted molar refractivity (Wildman–Crippen MR) is 136 cm³/mol. The van der Waals surface area contributed by atoms with Crippen LogP contribution in [0, 0.1) is 0 Å². The van der Waals surface area contributed by atoms with Crippen molar-refractivity contribution in [3.05, 3.63) is 95.3 Å². The summed E-state index contributed by atoms with van der Waals surface area (Å²) >= 11 is 0. The lowest BCUT2D eigenvalue weighted by Crippen LogP contribution is -2.32. The number of anilines is 1. The third-order valence-corrected chi connectivity index (χ3v) is 6.54. The molecule has 0 saturated heterocycles. The molecule has 0 saturated carbocycles. The Morgan fingerprint density at radius 2 is 1.75 bits per heavy atom. The Labute approximate surface area is 209 Å². The van der Waals surface area contributed by atoms with Crippen LogP contribution in [0.3, 0.4) is 0 Å². The molecule has 0 unspecified atom stereocenters. The SMILES string of the molecule is CCOc1ccc([C@H]2C3=C(Nc4ncnn42)c2ccccc2O[C@H]3c2ccc(OC)cc2)cc1OC. The zero-order valence-corrected chi connectivity index (χ0v) is 20.3. The van der Waals surface area contributed by atoms with Gasteiger partial charge in [0, 0.05) is 11.1 Å². The number of fused-ring (bicyclic) bond motifs is 3. The van der Waals surface area contributed by atoms with Crippen molar-refractivity contribution in [3.8, 4) is 23.0 Å². The molecular formula is C28H26N4O4. The largest absolute Gasteiger partial charge is 0.497 e. The van der Waals surface area contributed by atoms with Crippen LogP contribution in [0.2, 0.25) is 0 Å². The topological polar surface area (TPSA) is 79.7 Å². The summed E-state index contributed by atoms with van der Waals surface area (Å²) in [6, 6.07) is 21.7. The standard InChI is InChI=1S/C28H26N4O4/c1-4-35-22-14-11-18(15-23(22)34-3)26-24-25(31-28-29-16-30-32(26)28)20-7-5-6-8-21(20)36-27(24)17-9-12-19(33-2)13-10-17/h5-16,26-27H,4H2,1-3H3,(H,29,30,31)/t26-,27-/m0/s1. The number of methoxy groups -OCH3 is 2. The fourth-order valence-corrected chi connectivity index (χ4v) is 4.92.